The molecule has 0 radical (unpaired) electrons. The van der Waals surface area contributed by atoms with Crippen molar-refractivity contribution in [2.45, 2.75) is 0 Å². The van der Waals surface area contributed by atoms with Gasteiger partial charge in [0.05, 0.1) is 11.4 Å². The van der Waals surface area contributed by atoms with E-state index in [2.05, 4.69) is 151 Å². The highest BCUT2D eigenvalue weighted by molar-refractivity contribution is 7.25. The van der Waals surface area contributed by atoms with Gasteiger partial charge in [0.15, 0.2) is 5.82 Å². The molecule has 0 fully saturated rings. The van der Waals surface area contributed by atoms with Crippen molar-refractivity contribution in [1.82, 2.24) is 15.0 Å². The van der Waals surface area contributed by atoms with Crippen molar-refractivity contribution in [2.75, 3.05) is 0 Å². The molecule has 0 bridgehead atoms. The fraction of sp³-hybridized carbons (Fsp3) is 0. The van der Waals surface area contributed by atoms with Crippen LogP contribution in [0.4, 0.5) is 0 Å². The van der Waals surface area contributed by atoms with Crippen LogP contribution in [0.5, 0.6) is 0 Å². The van der Waals surface area contributed by atoms with Gasteiger partial charge in [-0.05, 0) is 79.8 Å². The fourth-order valence-electron chi connectivity index (χ4n) is 7.17. The molecular weight excluding hydrogens is 615 g/mol. The molecule has 10 aromatic rings. The van der Waals surface area contributed by atoms with E-state index in [4.69, 9.17) is 9.97 Å². The molecule has 0 atom stereocenters. The molecule has 7 aromatic carbocycles. The van der Waals surface area contributed by atoms with Gasteiger partial charge < -0.3 is 0 Å². The molecule has 3 nitrogen and oxygen atoms in total. The van der Waals surface area contributed by atoms with E-state index in [9.17, 15) is 0 Å². The Balaban J connectivity index is 1.18. The number of pyridine rings is 1. The van der Waals surface area contributed by atoms with E-state index in [1.54, 1.807) is 6.20 Å². The molecule has 0 saturated heterocycles. The first-order valence-electron chi connectivity index (χ1n) is 16.4. The summed E-state index contributed by atoms with van der Waals surface area (Å²) in [7, 11) is 0. The van der Waals surface area contributed by atoms with Gasteiger partial charge in [-0.3, -0.25) is 4.98 Å². The predicted molar refractivity (Wildman–Crippen MR) is 207 cm³/mol. The molecule has 0 spiro atoms. The molecule has 4 heteroatoms. The Morgan fingerprint density at radius 1 is 0.347 bits per heavy atom. The second-order valence-corrected chi connectivity index (χ2v) is 13.5. The van der Waals surface area contributed by atoms with Crippen molar-refractivity contribution in [3.05, 3.63) is 164 Å². The number of hydrogen-bond acceptors (Lipinski definition) is 4. The highest BCUT2D eigenvalue weighted by Crippen LogP contribution is 2.39. The lowest BCUT2D eigenvalue weighted by molar-refractivity contribution is 1.18. The maximum absolute atomic E-state index is 5.23. The van der Waals surface area contributed by atoms with Crippen molar-refractivity contribution in [1.29, 1.82) is 0 Å². The summed E-state index contributed by atoms with van der Waals surface area (Å²) >= 11 is 1.83. The number of aromatic nitrogens is 3. The third-order valence-corrected chi connectivity index (χ3v) is 10.7. The Kier molecular flexibility index (Phi) is 6.36. The Labute approximate surface area is 286 Å². The summed E-state index contributed by atoms with van der Waals surface area (Å²) in [5, 5.41) is 10.0. The number of nitrogens with zero attached hydrogens (tertiary/aromatic N) is 3. The molecular formula is C45H27N3S. The van der Waals surface area contributed by atoms with Crippen molar-refractivity contribution in [2.24, 2.45) is 0 Å². The molecule has 0 aliphatic carbocycles. The molecule has 228 valence electrons. The molecule has 0 saturated carbocycles. The van der Waals surface area contributed by atoms with E-state index in [-0.39, 0.29) is 0 Å². The van der Waals surface area contributed by atoms with E-state index >= 15 is 0 Å². The van der Waals surface area contributed by atoms with Crippen molar-refractivity contribution in [3.63, 3.8) is 0 Å². The monoisotopic (exact) mass is 641 g/mol. The lowest BCUT2D eigenvalue weighted by Crippen LogP contribution is -1.96. The zero-order valence-electron chi connectivity index (χ0n) is 26.3. The third-order valence-electron chi connectivity index (χ3n) is 9.58. The van der Waals surface area contributed by atoms with Gasteiger partial charge >= 0.3 is 0 Å². The molecule has 3 aromatic heterocycles. The fourth-order valence-corrected chi connectivity index (χ4v) is 8.26. The van der Waals surface area contributed by atoms with E-state index < -0.39 is 0 Å². The topological polar surface area (TPSA) is 38.7 Å². The lowest BCUT2D eigenvalue weighted by Gasteiger charge is -2.13. The highest BCUT2D eigenvalue weighted by Gasteiger charge is 2.15. The number of benzene rings is 7. The van der Waals surface area contributed by atoms with Gasteiger partial charge in [0.2, 0.25) is 0 Å². The molecule has 0 N–H and O–H groups in total. The van der Waals surface area contributed by atoms with Gasteiger partial charge in [-0.2, -0.15) is 0 Å². The Morgan fingerprint density at radius 2 is 0.878 bits per heavy atom. The molecule has 0 aliphatic rings. The minimum Gasteiger partial charge on any atom is -0.264 e. The van der Waals surface area contributed by atoms with Gasteiger partial charge in [0.1, 0.15) is 0 Å². The zero-order valence-corrected chi connectivity index (χ0v) is 27.2. The molecule has 3 heterocycles. The second kappa shape index (κ2) is 11.2. The van der Waals surface area contributed by atoms with Crippen LogP contribution in [-0.4, -0.2) is 15.0 Å². The van der Waals surface area contributed by atoms with Crippen molar-refractivity contribution >= 4 is 63.8 Å². The molecule has 10 rings (SSSR count). The SMILES string of the molecule is c1cncc(-c2ccc(-c3nc(-c4ccc5sc6ccccc6c5c4)cc(-c4ccc5c6ccccc6c6ccccc6c5c4)n3)cc2)c1. The summed E-state index contributed by atoms with van der Waals surface area (Å²) in [6.45, 7) is 0. The first-order chi connectivity index (χ1) is 24.3. The maximum atomic E-state index is 5.23. The van der Waals surface area contributed by atoms with Crippen LogP contribution in [0.15, 0.2) is 164 Å². The summed E-state index contributed by atoms with van der Waals surface area (Å²) in [4.78, 5) is 14.7. The first-order valence-corrected chi connectivity index (χ1v) is 17.2. The van der Waals surface area contributed by atoms with E-state index in [0.29, 0.717) is 5.82 Å². The summed E-state index contributed by atoms with van der Waals surface area (Å²) in [5.74, 6) is 0.698. The largest absolute Gasteiger partial charge is 0.264 e. The summed E-state index contributed by atoms with van der Waals surface area (Å²) in [6.07, 6.45) is 3.69. The third kappa shape index (κ3) is 4.68. The quantitative estimate of drug-likeness (QED) is 0.180. The average Bonchev–Trinajstić information content (AvgIpc) is 3.56. The number of rotatable bonds is 4. The van der Waals surface area contributed by atoms with Crippen molar-refractivity contribution < 1.29 is 0 Å². The summed E-state index contributed by atoms with van der Waals surface area (Å²) in [6, 6.07) is 54.2. The van der Waals surface area contributed by atoms with Crippen LogP contribution in [0.3, 0.4) is 0 Å². The maximum Gasteiger partial charge on any atom is 0.160 e. The molecule has 49 heavy (non-hydrogen) atoms. The molecule has 0 aliphatic heterocycles. The minimum absolute atomic E-state index is 0.698. The predicted octanol–water partition coefficient (Wildman–Crippen LogP) is 12.4. The Hall–Kier alpha value is -6.23. The van der Waals surface area contributed by atoms with Crippen LogP contribution in [0.2, 0.25) is 0 Å². The smallest absolute Gasteiger partial charge is 0.160 e. The van der Waals surface area contributed by atoms with Crippen LogP contribution in [0.1, 0.15) is 0 Å². The summed E-state index contributed by atoms with van der Waals surface area (Å²) in [5.41, 5.74) is 7.09. The highest BCUT2D eigenvalue weighted by atomic mass is 32.1. The van der Waals surface area contributed by atoms with Gasteiger partial charge in [-0.1, -0.05) is 115 Å². The van der Waals surface area contributed by atoms with Crippen LogP contribution in [0.25, 0.3) is 97.5 Å². The average molecular weight is 642 g/mol. The van der Waals surface area contributed by atoms with E-state index in [1.807, 2.05) is 23.6 Å². The lowest BCUT2D eigenvalue weighted by atomic mass is 9.92. The number of hydrogen-bond donors (Lipinski definition) is 0. The molecule has 0 unspecified atom stereocenters. The summed E-state index contributed by atoms with van der Waals surface area (Å²) < 4.78 is 2.57. The zero-order chi connectivity index (χ0) is 32.3. The van der Waals surface area contributed by atoms with Gasteiger partial charge in [-0.25, -0.2) is 9.97 Å². The van der Waals surface area contributed by atoms with E-state index in [1.165, 1.54) is 52.5 Å². The number of fused-ring (bicyclic) bond motifs is 9. The second-order valence-electron chi connectivity index (χ2n) is 12.4. The van der Waals surface area contributed by atoms with Crippen LogP contribution in [-0.2, 0) is 0 Å². The first kappa shape index (κ1) is 27.8. The minimum atomic E-state index is 0.698. The standard InChI is InChI=1S/C45H27N3S/c1-2-11-35-33(9-1)34-10-3-4-12-36(34)39-24-30(19-21-37(35)39)41-26-42(31-20-22-44-40(25-31)38-13-5-6-14-43(38)49-44)48-45(47-41)29-17-15-28(16-18-29)32-8-7-23-46-27-32/h1-27H. The van der Waals surface area contributed by atoms with Crippen molar-refractivity contribution in [3.8, 4) is 45.0 Å². The molecule has 0 amide bonds. The van der Waals surface area contributed by atoms with Gasteiger partial charge in [0.25, 0.3) is 0 Å². The van der Waals surface area contributed by atoms with Crippen LogP contribution >= 0.6 is 11.3 Å². The Morgan fingerprint density at radius 3 is 1.55 bits per heavy atom. The normalized spacial score (nSPS) is 11.7. The number of thiophene rings is 1. The van der Waals surface area contributed by atoms with Crippen LogP contribution in [0, 0.1) is 0 Å². The van der Waals surface area contributed by atoms with Gasteiger partial charge in [-0.15, -0.1) is 11.3 Å². The van der Waals surface area contributed by atoms with Gasteiger partial charge in [0, 0.05) is 49.3 Å². The van der Waals surface area contributed by atoms with E-state index in [0.717, 1.165) is 39.2 Å². The van der Waals surface area contributed by atoms with Crippen LogP contribution < -0.4 is 0 Å². The Bertz CT molecular complexity index is 2840.